The van der Waals surface area contributed by atoms with Crippen molar-refractivity contribution in [1.29, 1.82) is 0 Å². The molecule has 0 N–H and O–H groups in total. The van der Waals surface area contributed by atoms with Gasteiger partial charge in [0.2, 0.25) is 0 Å². The second-order valence-corrected chi connectivity index (χ2v) is 5.63. The number of rotatable bonds is 2. The predicted molar refractivity (Wildman–Crippen MR) is 52.2 cm³/mol. The van der Waals surface area contributed by atoms with Crippen LogP contribution in [0.3, 0.4) is 0 Å². The average Bonchev–Trinajstić information content (AvgIpc) is 2.83. The first kappa shape index (κ1) is 8.82. The maximum atomic E-state index is 11.7. The molecule has 3 aliphatic carbocycles. The van der Waals surface area contributed by atoms with Crippen molar-refractivity contribution in [2.24, 2.45) is 23.2 Å². The quantitative estimate of drug-likeness (QED) is 0.531. The SMILES string of the molecule is O=C1OC2C(OCCl)C3CC4CC1C32C4. The molecule has 15 heavy (non-hydrogen) atoms. The molecule has 1 spiro atoms. The fraction of sp³-hybridized carbons (Fsp3) is 0.909. The van der Waals surface area contributed by atoms with Crippen LogP contribution in [-0.2, 0) is 14.3 Å². The molecular formula is C11H13ClO3. The topological polar surface area (TPSA) is 35.5 Å². The summed E-state index contributed by atoms with van der Waals surface area (Å²) in [5.41, 5.74) is 0.165. The minimum absolute atomic E-state index is 0.0197. The van der Waals surface area contributed by atoms with E-state index in [2.05, 4.69) is 0 Å². The predicted octanol–water partition coefficient (Wildman–Crippen LogP) is 1.54. The van der Waals surface area contributed by atoms with Crippen molar-refractivity contribution in [3.05, 3.63) is 0 Å². The van der Waals surface area contributed by atoms with Crippen molar-refractivity contribution >= 4 is 17.6 Å². The molecule has 1 heterocycles. The maximum Gasteiger partial charge on any atom is 0.310 e. The number of carbonyl (C=O) groups excluding carboxylic acids is 1. The highest BCUT2D eigenvalue weighted by Crippen LogP contribution is 2.74. The molecule has 1 saturated heterocycles. The van der Waals surface area contributed by atoms with Crippen LogP contribution in [0.15, 0.2) is 0 Å². The van der Waals surface area contributed by atoms with Gasteiger partial charge in [-0.3, -0.25) is 4.79 Å². The molecule has 4 aliphatic rings. The van der Waals surface area contributed by atoms with Gasteiger partial charge in [0, 0.05) is 5.41 Å². The second-order valence-electron chi connectivity index (χ2n) is 5.41. The van der Waals surface area contributed by atoms with E-state index in [0.717, 1.165) is 12.3 Å². The Morgan fingerprint density at radius 3 is 3.20 bits per heavy atom. The molecule has 6 unspecified atom stereocenters. The number of carbonyl (C=O) groups is 1. The number of halogens is 1. The summed E-state index contributed by atoms with van der Waals surface area (Å²) in [6.45, 7) is 0. The highest BCUT2D eigenvalue weighted by atomic mass is 35.5. The summed E-state index contributed by atoms with van der Waals surface area (Å²) in [7, 11) is 0. The van der Waals surface area contributed by atoms with Crippen LogP contribution in [-0.4, -0.2) is 24.2 Å². The van der Waals surface area contributed by atoms with E-state index in [1.165, 1.54) is 12.8 Å². The van der Waals surface area contributed by atoms with Crippen molar-refractivity contribution in [2.75, 3.05) is 6.07 Å². The van der Waals surface area contributed by atoms with Crippen molar-refractivity contribution in [2.45, 2.75) is 31.5 Å². The van der Waals surface area contributed by atoms with Gasteiger partial charge in [-0.2, -0.15) is 0 Å². The number of hydrogen-bond acceptors (Lipinski definition) is 3. The Balaban J connectivity index is 1.73. The van der Waals surface area contributed by atoms with Gasteiger partial charge >= 0.3 is 5.97 Å². The van der Waals surface area contributed by atoms with Crippen LogP contribution in [0.2, 0.25) is 0 Å². The van der Waals surface area contributed by atoms with Crippen molar-refractivity contribution in [1.82, 2.24) is 0 Å². The third kappa shape index (κ3) is 0.762. The first-order valence-electron chi connectivity index (χ1n) is 5.65. The summed E-state index contributed by atoms with van der Waals surface area (Å²) in [5, 5.41) is 0. The summed E-state index contributed by atoms with van der Waals surface area (Å²) >= 11 is 5.61. The molecule has 0 radical (unpaired) electrons. The Bertz CT molecular complexity index is 345. The van der Waals surface area contributed by atoms with Gasteiger partial charge in [-0.1, -0.05) is 11.6 Å². The third-order valence-electron chi connectivity index (χ3n) is 5.15. The smallest absolute Gasteiger partial charge is 0.310 e. The normalized spacial score (nSPS) is 59.0. The van der Waals surface area contributed by atoms with E-state index in [1.807, 2.05) is 0 Å². The molecule has 1 aliphatic heterocycles. The number of hydrogen-bond donors (Lipinski definition) is 0. The maximum absolute atomic E-state index is 11.7. The number of alkyl halides is 1. The lowest BCUT2D eigenvalue weighted by molar-refractivity contribution is -0.202. The molecule has 82 valence electrons. The summed E-state index contributed by atoms with van der Waals surface area (Å²) in [6.07, 6.45) is 3.55. The van der Waals surface area contributed by atoms with Crippen LogP contribution < -0.4 is 0 Å². The molecule has 3 saturated carbocycles. The lowest BCUT2D eigenvalue weighted by Gasteiger charge is -2.53. The fourth-order valence-corrected chi connectivity index (χ4v) is 4.93. The van der Waals surface area contributed by atoms with E-state index in [9.17, 15) is 4.79 Å². The lowest BCUT2D eigenvalue weighted by atomic mass is 9.53. The van der Waals surface area contributed by atoms with Crippen LogP contribution in [0.1, 0.15) is 19.3 Å². The minimum atomic E-state index is 0.0197. The monoisotopic (exact) mass is 228 g/mol. The van der Waals surface area contributed by atoms with Crippen LogP contribution in [0.25, 0.3) is 0 Å². The molecular weight excluding hydrogens is 216 g/mol. The van der Waals surface area contributed by atoms with Crippen LogP contribution >= 0.6 is 11.6 Å². The van der Waals surface area contributed by atoms with Crippen molar-refractivity contribution in [3.63, 3.8) is 0 Å². The minimum Gasteiger partial charge on any atom is -0.459 e. The van der Waals surface area contributed by atoms with Crippen molar-refractivity contribution in [3.8, 4) is 0 Å². The Morgan fingerprint density at radius 2 is 2.40 bits per heavy atom. The zero-order valence-corrected chi connectivity index (χ0v) is 9.07. The molecule has 3 nitrogen and oxygen atoms in total. The summed E-state index contributed by atoms with van der Waals surface area (Å²) in [6, 6.07) is 0.209. The van der Waals surface area contributed by atoms with Gasteiger partial charge in [0.25, 0.3) is 0 Å². The fourth-order valence-electron chi connectivity index (χ4n) is 4.79. The summed E-state index contributed by atoms with van der Waals surface area (Å²) < 4.78 is 11.0. The Kier molecular flexibility index (Phi) is 1.48. The first-order valence-corrected chi connectivity index (χ1v) is 6.19. The molecule has 0 amide bonds. The average molecular weight is 229 g/mol. The number of esters is 1. The molecule has 0 aromatic carbocycles. The molecule has 6 atom stereocenters. The van der Waals surface area contributed by atoms with Crippen LogP contribution in [0, 0.1) is 23.2 Å². The standard InChI is InChI=1S/C11H13ClO3/c12-4-14-8-6-1-5-2-7-10(13)15-9(8)11(6,7)3-5/h5-9H,1-4H2. The lowest BCUT2D eigenvalue weighted by Crippen LogP contribution is -2.62. The summed E-state index contributed by atoms with van der Waals surface area (Å²) in [5.74, 6) is 1.48. The molecule has 2 bridgehead atoms. The highest BCUT2D eigenvalue weighted by molar-refractivity contribution is 6.17. The second kappa shape index (κ2) is 2.51. The van der Waals surface area contributed by atoms with Gasteiger partial charge in [0.1, 0.15) is 18.3 Å². The van der Waals surface area contributed by atoms with E-state index in [1.54, 1.807) is 0 Å². The molecule has 0 aromatic rings. The highest BCUT2D eigenvalue weighted by Gasteiger charge is 2.79. The van der Waals surface area contributed by atoms with Crippen molar-refractivity contribution < 1.29 is 14.3 Å². The van der Waals surface area contributed by atoms with Gasteiger partial charge < -0.3 is 9.47 Å². The Hall–Kier alpha value is -0.280. The third-order valence-corrected chi connectivity index (χ3v) is 5.27. The Morgan fingerprint density at radius 1 is 1.53 bits per heavy atom. The van der Waals surface area contributed by atoms with E-state index in [-0.39, 0.29) is 35.6 Å². The molecule has 0 aromatic heterocycles. The zero-order valence-electron chi connectivity index (χ0n) is 8.32. The van der Waals surface area contributed by atoms with E-state index in [0.29, 0.717) is 5.92 Å². The van der Waals surface area contributed by atoms with E-state index < -0.39 is 0 Å². The largest absolute Gasteiger partial charge is 0.459 e. The van der Waals surface area contributed by atoms with Gasteiger partial charge in [-0.15, -0.1) is 0 Å². The van der Waals surface area contributed by atoms with Crippen LogP contribution in [0.4, 0.5) is 0 Å². The molecule has 4 rings (SSSR count). The number of ether oxygens (including phenoxy) is 2. The summed E-state index contributed by atoms with van der Waals surface area (Å²) in [4.78, 5) is 11.7. The van der Waals surface area contributed by atoms with Crippen LogP contribution in [0.5, 0.6) is 0 Å². The first-order chi connectivity index (χ1) is 7.27. The Labute approximate surface area is 93.1 Å². The van der Waals surface area contributed by atoms with Gasteiger partial charge in [-0.05, 0) is 31.1 Å². The zero-order chi connectivity index (χ0) is 10.2. The number of fused-ring (bicyclic) bond motifs is 1. The van der Waals surface area contributed by atoms with Gasteiger partial charge in [-0.25, -0.2) is 0 Å². The molecule has 4 heteroatoms. The van der Waals surface area contributed by atoms with E-state index in [4.69, 9.17) is 21.1 Å². The van der Waals surface area contributed by atoms with E-state index >= 15 is 0 Å². The van der Waals surface area contributed by atoms with Gasteiger partial charge in [0.15, 0.2) is 0 Å². The van der Waals surface area contributed by atoms with Gasteiger partial charge in [0.05, 0.1) is 5.92 Å². The molecule has 4 fully saturated rings.